The third kappa shape index (κ3) is 3.94. The average molecular weight is 294 g/mol. The average Bonchev–Trinajstić information content (AvgIpc) is 2.67. The third-order valence-corrected chi connectivity index (χ3v) is 3.37. The molecule has 0 saturated carbocycles. The Balaban J connectivity index is 0.00000289. The van der Waals surface area contributed by atoms with E-state index in [-0.39, 0.29) is 24.0 Å². The highest BCUT2D eigenvalue weighted by molar-refractivity contribution is 7.14. The number of nitro groups is 1. The van der Waals surface area contributed by atoms with Crippen LogP contribution in [0.2, 0.25) is 0 Å². The number of hydrogen-bond donors (Lipinski definition) is 1. The summed E-state index contributed by atoms with van der Waals surface area (Å²) in [5, 5.41) is 13.6. The van der Waals surface area contributed by atoms with Gasteiger partial charge in [-0.15, -0.1) is 23.7 Å². The predicted octanol–water partition coefficient (Wildman–Crippen LogP) is 1.68. The van der Waals surface area contributed by atoms with Crippen molar-refractivity contribution in [3.05, 3.63) is 25.9 Å². The van der Waals surface area contributed by atoms with Gasteiger partial charge in [0.15, 0.2) is 0 Å². The van der Waals surface area contributed by atoms with E-state index in [1.807, 2.05) is 0 Å². The molecular formula is C10H16ClN3O3S. The van der Waals surface area contributed by atoms with E-state index in [2.05, 4.69) is 5.32 Å². The minimum atomic E-state index is -0.462. The van der Waals surface area contributed by atoms with Crippen LogP contribution in [-0.4, -0.2) is 42.9 Å². The van der Waals surface area contributed by atoms with Gasteiger partial charge in [0.2, 0.25) is 0 Å². The highest BCUT2D eigenvalue weighted by Gasteiger charge is 2.21. The lowest BCUT2D eigenvalue weighted by Crippen LogP contribution is -2.32. The Bertz CT molecular complexity index is 436. The highest BCUT2D eigenvalue weighted by Crippen LogP contribution is 2.28. The number of carbonyl (C=O) groups is 1. The Morgan fingerprint density at radius 2 is 2.22 bits per heavy atom. The number of likely N-dealkylation sites (N-methyl/N-ethyl adjacent to an activating group) is 2. The molecule has 0 bridgehead atoms. The summed E-state index contributed by atoms with van der Waals surface area (Å²) < 4.78 is 0. The summed E-state index contributed by atoms with van der Waals surface area (Å²) in [6, 6.07) is 1.35. The van der Waals surface area contributed by atoms with Crippen molar-refractivity contribution in [3.8, 4) is 0 Å². The van der Waals surface area contributed by atoms with Crippen molar-refractivity contribution in [2.75, 3.05) is 27.2 Å². The number of hydrogen-bond acceptors (Lipinski definition) is 5. The lowest BCUT2D eigenvalue weighted by atomic mass is 10.3. The van der Waals surface area contributed by atoms with E-state index in [4.69, 9.17) is 0 Å². The smallest absolute Gasteiger partial charge is 0.283 e. The molecule has 0 aromatic carbocycles. The molecule has 0 aliphatic rings. The first kappa shape index (κ1) is 16.8. The number of thiophene rings is 1. The second-order valence-corrected chi connectivity index (χ2v) is 4.90. The summed E-state index contributed by atoms with van der Waals surface area (Å²) in [6.07, 6.45) is 0. The van der Waals surface area contributed by atoms with Crippen molar-refractivity contribution in [2.24, 2.45) is 0 Å². The Morgan fingerprint density at radius 3 is 2.67 bits per heavy atom. The first-order valence-corrected chi connectivity index (χ1v) is 5.94. The Labute approximate surface area is 116 Å². The van der Waals surface area contributed by atoms with Gasteiger partial charge in [0.05, 0.1) is 14.7 Å². The summed E-state index contributed by atoms with van der Waals surface area (Å²) in [6.45, 7) is 2.90. The molecule has 0 aliphatic heterocycles. The van der Waals surface area contributed by atoms with Crippen molar-refractivity contribution in [3.63, 3.8) is 0 Å². The van der Waals surface area contributed by atoms with E-state index in [1.54, 1.807) is 25.9 Å². The molecule has 0 spiro atoms. The maximum Gasteiger partial charge on any atom is 0.283 e. The van der Waals surface area contributed by atoms with E-state index in [9.17, 15) is 14.9 Å². The van der Waals surface area contributed by atoms with E-state index in [1.165, 1.54) is 6.07 Å². The molecule has 1 amide bonds. The molecular weight excluding hydrogens is 278 g/mol. The van der Waals surface area contributed by atoms with E-state index in [0.29, 0.717) is 22.8 Å². The Hall–Kier alpha value is -1.18. The van der Waals surface area contributed by atoms with Crippen LogP contribution in [0, 0.1) is 17.0 Å². The molecule has 1 heterocycles. The van der Waals surface area contributed by atoms with Gasteiger partial charge >= 0.3 is 0 Å². The van der Waals surface area contributed by atoms with Crippen LogP contribution in [0.1, 0.15) is 14.5 Å². The first-order chi connectivity index (χ1) is 7.97. The SMILES string of the molecule is CNCCN(C)C(=O)c1cc([N+](=O)[O-])c(C)s1.Cl. The van der Waals surface area contributed by atoms with Gasteiger partial charge < -0.3 is 10.2 Å². The van der Waals surface area contributed by atoms with Gasteiger partial charge in [0, 0.05) is 26.2 Å². The van der Waals surface area contributed by atoms with Gasteiger partial charge in [0.1, 0.15) is 0 Å². The zero-order valence-corrected chi connectivity index (χ0v) is 12.1. The second-order valence-electron chi connectivity index (χ2n) is 3.64. The van der Waals surface area contributed by atoms with Crippen molar-refractivity contribution in [2.45, 2.75) is 6.92 Å². The van der Waals surface area contributed by atoms with Crippen LogP contribution >= 0.6 is 23.7 Å². The van der Waals surface area contributed by atoms with Crippen LogP contribution in [-0.2, 0) is 0 Å². The topological polar surface area (TPSA) is 75.5 Å². The van der Waals surface area contributed by atoms with E-state index >= 15 is 0 Å². The minimum Gasteiger partial charge on any atom is -0.340 e. The molecule has 0 fully saturated rings. The van der Waals surface area contributed by atoms with Gasteiger partial charge in [-0.2, -0.15) is 0 Å². The largest absolute Gasteiger partial charge is 0.340 e. The zero-order valence-electron chi connectivity index (χ0n) is 10.4. The fourth-order valence-corrected chi connectivity index (χ4v) is 2.31. The number of amides is 1. The van der Waals surface area contributed by atoms with Gasteiger partial charge in [-0.3, -0.25) is 14.9 Å². The van der Waals surface area contributed by atoms with Gasteiger partial charge in [-0.1, -0.05) is 0 Å². The summed E-state index contributed by atoms with van der Waals surface area (Å²) in [4.78, 5) is 24.7. The van der Waals surface area contributed by atoms with Crippen molar-refractivity contribution >= 4 is 35.3 Å². The van der Waals surface area contributed by atoms with Crippen molar-refractivity contribution in [1.29, 1.82) is 0 Å². The molecule has 102 valence electrons. The number of nitrogens with zero attached hydrogens (tertiary/aromatic N) is 2. The lowest BCUT2D eigenvalue weighted by molar-refractivity contribution is -0.385. The first-order valence-electron chi connectivity index (χ1n) is 5.12. The standard InChI is InChI=1S/C10H15N3O3S.ClH/c1-7-8(13(15)16)6-9(17-7)10(14)12(3)5-4-11-2;/h6,11H,4-5H2,1-3H3;1H. The lowest BCUT2D eigenvalue weighted by Gasteiger charge is -2.15. The van der Waals surface area contributed by atoms with Crippen molar-refractivity contribution < 1.29 is 9.72 Å². The van der Waals surface area contributed by atoms with Crippen LogP contribution in [0.5, 0.6) is 0 Å². The number of aryl methyl sites for hydroxylation is 1. The molecule has 1 aromatic rings. The van der Waals surface area contributed by atoms with Gasteiger partial charge in [-0.25, -0.2) is 0 Å². The van der Waals surface area contributed by atoms with Crippen LogP contribution < -0.4 is 5.32 Å². The van der Waals surface area contributed by atoms with Crippen LogP contribution in [0.15, 0.2) is 6.07 Å². The summed E-state index contributed by atoms with van der Waals surface area (Å²) >= 11 is 1.16. The summed E-state index contributed by atoms with van der Waals surface area (Å²) in [7, 11) is 3.49. The summed E-state index contributed by atoms with van der Waals surface area (Å²) in [5.41, 5.74) is 0.0142. The Kier molecular flexibility index (Phi) is 6.82. The van der Waals surface area contributed by atoms with Gasteiger partial charge in [-0.05, 0) is 14.0 Å². The molecule has 0 unspecified atom stereocenters. The molecule has 0 radical (unpaired) electrons. The maximum atomic E-state index is 11.9. The maximum absolute atomic E-state index is 11.9. The number of halogens is 1. The molecule has 1 N–H and O–H groups in total. The number of nitrogens with one attached hydrogen (secondary N) is 1. The third-order valence-electron chi connectivity index (χ3n) is 2.34. The van der Waals surface area contributed by atoms with Crippen LogP contribution in [0.3, 0.4) is 0 Å². The van der Waals surface area contributed by atoms with E-state index < -0.39 is 4.92 Å². The molecule has 18 heavy (non-hydrogen) atoms. The molecule has 0 aliphatic carbocycles. The molecule has 8 heteroatoms. The molecule has 1 rings (SSSR count). The molecule has 1 aromatic heterocycles. The number of carbonyl (C=O) groups excluding carboxylic acids is 1. The molecule has 0 atom stereocenters. The van der Waals surface area contributed by atoms with Gasteiger partial charge in [0.25, 0.3) is 11.6 Å². The molecule has 0 saturated heterocycles. The van der Waals surface area contributed by atoms with Crippen molar-refractivity contribution in [1.82, 2.24) is 10.2 Å². The fourth-order valence-electron chi connectivity index (χ4n) is 1.33. The Morgan fingerprint density at radius 1 is 1.61 bits per heavy atom. The van der Waals surface area contributed by atoms with E-state index in [0.717, 1.165) is 11.3 Å². The minimum absolute atomic E-state index is 0. The number of rotatable bonds is 5. The monoisotopic (exact) mass is 293 g/mol. The second kappa shape index (κ2) is 7.30. The zero-order chi connectivity index (χ0) is 13.0. The summed E-state index contributed by atoms with van der Waals surface area (Å²) in [5.74, 6) is -0.179. The predicted molar refractivity (Wildman–Crippen MR) is 73.8 cm³/mol. The van der Waals surface area contributed by atoms with Crippen LogP contribution in [0.25, 0.3) is 0 Å². The highest BCUT2D eigenvalue weighted by atomic mass is 35.5. The van der Waals surface area contributed by atoms with Crippen LogP contribution in [0.4, 0.5) is 5.69 Å². The normalized spacial score (nSPS) is 9.72. The molecule has 6 nitrogen and oxygen atoms in total. The fraction of sp³-hybridized carbons (Fsp3) is 0.500. The quantitative estimate of drug-likeness (QED) is 0.662.